The molecule has 0 bridgehead atoms. The van der Waals surface area contributed by atoms with E-state index < -0.39 is 0 Å². The van der Waals surface area contributed by atoms with E-state index in [2.05, 4.69) is 15.4 Å². The van der Waals surface area contributed by atoms with E-state index in [1.54, 1.807) is 30.8 Å². The number of fused-ring (bicyclic) bond motifs is 1. The number of carbonyl (C=O) groups is 1. The number of carbonyl (C=O) groups excluding carboxylic acids is 1. The predicted octanol–water partition coefficient (Wildman–Crippen LogP) is 1.74. The van der Waals surface area contributed by atoms with Gasteiger partial charge in [0, 0.05) is 19.7 Å². The average molecular weight is 371 g/mol. The van der Waals surface area contributed by atoms with Gasteiger partial charge in [-0.3, -0.25) is 14.3 Å². The van der Waals surface area contributed by atoms with Crippen LogP contribution in [0.4, 0.5) is 4.39 Å². The van der Waals surface area contributed by atoms with Crippen LogP contribution in [0.2, 0.25) is 0 Å². The molecule has 3 rings (SSSR count). The van der Waals surface area contributed by atoms with E-state index in [0.717, 1.165) is 5.56 Å². The number of aromatic nitrogens is 3. The molecule has 2 aromatic heterocycles. The smallest absolute Gasteiger partial charge is 0.267 e. The van der Waals surface area contributed by atoms with Crippen molar-refractivity contribution in [3.05, 3.63) is 63.3 Å². The Hall–Kier alpha value is -3.00. The highest BCUT2D eigenvalue weighted by Crippen LogP contribution is 2.18. The molecular weight excluding hydrogens is 349 g/mol. The maximum Gasteiger partial charge on any atom is 0.267 e. The van der Waals surface area contributed by atoms with Gasteiger partial charge in [-0.2, -0.15) is 5.10 Å². The van der Waals surface area contributed by atoms with Gasteiger partial charge in [0.2, 0.25) is 0 Å². The van der Waals surface area contributed by atoms with Crippen LogP contribution in [0.5, 0.6) is 0 Å². The Balaban J connectivity index is 1.82. The lowest BCUT2D eigenvalue weighted by molar-refractivity contribution is 0.0937. The molecule has 2 heterocycles. The van der Waals surface area contributed by atoms with Crippen LogP contribution in [-0.2, 0) is 7.05 Å². The standard InChI is InChI=1S/C19H22FN5O2/c1-11-17-16(26)9-14(22-18(17)25(4)23-11)19(27)21-10-15(24(2)3)12-5-7-13(20)8-6-12/h5-9,15H,10H2,1-4H3,(H,21,27)(H,22,26)/t15-/m0/s1. The molecule has 0 aliphatic carbocycles. The van der Waals surface area contributed by atoms with Crippen molar-refractivity contribution >= 4 is 16.9 Å². The van der Waals surface area contributed by atoms with Crippen molar-refractivity contribution in [1.29, 1.82) is 0 Å². The molecule has 0 spiro atoms. The van der Waals surface area contributed by atoms with Crippen LogP contribution in [0, 0.1) is 12.7 Å². The molecule has 0 saturated heterocycles. The van der Waals surface area contributed by atoms with Crippen molar-refractivity contribution < 1.29 is 9.18 Å². The Morgan fingerprint density at radius 2 is 2.00 bits per heavy atom. The van der Waals surface area contributed by atoms with Gasteiger partial charge in [-0.1, -0.05) is 12.1 Å². The third-order valence-corrected chi connectivity index (χ3v) is 4.58. The molecule has 1 atom stereocenters. The lowest BCUT2D eigenvalue weighted by atomic mass is 10.1. The summed E-state index contributed by atoms with van der Waals surface area (Å²) in [7, 11) is 5.47. The average Bonchev–Trinajstić information content (AvgIpc) is 2.90. The summed E-state index contributed by atoms with van der Waals surface area (Å²) in [6.07, 6.45) is 0. The first-order valence-electron chi connectivity index (χ1n) is 8.54. The molecule has 0 unspecified atom stereocenters. The number of aryl methyl sites for hydroxylation is 2. The minimum Gasteiger partial charge on any atom is -0.349 e. The van der Waals surface area contributed by atoms with Gasteiger partial charge in [0.25, 0.3) is 5.91 Å². The zero-order valence-electron chi connectivity index (χ0n) is 15.7. The monoisotopic (exact) mass is 371 g/mol. The van der Waals surface area contributed by atoms with Crippen LogP contribution in [0.15, 0.2) is 35.1 Å². The summed E-state index contributed by atoms with van der Waals surface area (Å²) in [5.74, 6) is -0.695. The number of amides is 1. The Morgan fingerprint density at radius 1 is 1.33 bits per heavy atom. The van der Waals surface area contributed by atoms with Crippen molar-refractivity contribution in [1.82, 2.24) is 25.0 Å². The summed E-state index contributed by atoms with van der Waals surface area (Å²) in [5.41, 5.74) is 1.93. The first kappa shape index (κ1) is 18.8. The number of nitrogens with one attached hydrogen (secondary N) is 2. The SMILES string of the molecule is Cc1nn(C)c2[nH]c(C(=O)NC[C@@H](c3ccc(F)cc3)N(C)C)cc(=O)c12. The number of benzene rings is 1. The topological polar surface area (TPSA) is 83.0 Å². The van der Waals surface area contributed by atoms with E-state index in [4.69, 9.17) is 0 Å². The van der Waals surface area contributed by atoms with E-state index in [9.17, 15) is 14.0 Å². The van der Waals surface area contributed by atoms with E-state index >= 15 is 0 Å². The highest BCUT2D eigenvalue weighted by Gasteiger charge is 2.18. The van der Waals surface area contributed by atoms with E-state index in [-0.39, 0.29) is 28.9 Å². The van der Waals surface area contributed by atoms with Gasteiger partial charge in [-0.25, -0.2) is 4.39 Å². The Labute approximate surface area is 155 Å². The van der Waals surface area contributed by atoms with Crippen molar-refractivity contribution in [3.8, 4) is 0 Å². The van der Waals surface area contributed by atoms with Crippen molar-refractivity contribution in [2.24, 2.45) is 7.05 Å². The second kappa shape index (κ2) is 7.32. The molecule has 0 fully saturated rings. The first-order chi connectivity index (χ1) is 12.8. The molecule has 142 valence electrons. The number of likely N-dealkylation sites (N-methyl/N-ethyl adjacent to an activating group) is 1. The van der Waals surface area contributed by atoms with Gasteiger partial charge < -0.3 is 15.2 Å². The summed E-state index contributed by atoms with van der Waals surface area (Å²) in [6, 6.07) is 7.32. The van der Waals surface area contributed by atoms with E-state index in [1.165, 1.54) is 18.2 Å². The molecule has 0 saturated carbocycles. The predicted molar refractivity (Wildman–Crippen MR) is 101 cm³/mol. The fourth-order valence-electron chi connectivity index (χ4n) is 3.15. The number of rotatable bonds is 5. The molecule has 1 aromatic carbocycles. The van der Waals surface area contributed by atoms with Gasteiger partial charge in [0.05, 0.1) is 17.1 Å². The van der Waals surface area contributed by atoms with Crippen LogP contribution >= 0.6 is 0 Å². The highest BCUT2D eigenvalue weighted by atomic mass is 19.1. The third-order valence-electron chi connectivity index (χ3n) is 4.58. The number of pyridine rings is 1. The van der Waals surface area contributed by atoms with Crippen LogP contribution in [0.1, 0.15) is 27.8 Å². The molecule has 2 N–H and O–H groups in total. The fraction of sp³-hybridized carbons (Fsp3) is 0.316. The Morgan fingerprint density at radius 3 is 2.63 bits per heavy atom. The summed E-state index contributed by atoms with van der Waals surface area (Å²) >= 11 is 0. The van der Waals surface area contributed by atoms with E-state index in [1.807, 2.05) is 19.0 Å². The van der Waals surface area contributed by atoms with Crippen LogP contribution in [-0.4, -0.2) is 46.2 Å². The molecule has 1 amide bonds. The van der Waals surface area contributed by atoms with Gasteiger partial charge in [-0.05, 0) is 38.7 Å². The maximum atomic E-state index is 13.2. The number of halogens is 1. The van der Waals surface area contributed by atoms with Gasteiger partial charge >= 0.3 is 0 Å². The molecule has 0 aliphatic rings. The van der Waals surface area contributed by atoms with Crippen LogP contribution in [0.25, 0.3) is 11.0 Å². The molecule has 3 aromatic rings. The molecule has 27 heavy (non-hydrogen) atoms. The molecule has 7 nitrogen and oxygen atoms in total. The van der Waals surface area contributed by atoms with Gasteiger partial charge in [-0.15, -0.1) is 0 Å². The quantitative estimate of drug-likeness (QED) is 0.716. The first-order valence-corrected chi connectivity index (χ1v) is 8.54. The lowest BCUT2D eigenvalue weighted by Crippen LogP contribution is -2.35. The number of hydrogen-bond donors (Lipinski definition) is 2. The summed E-state index contributed by atoms with van der Waals surface area (Å²) in [5, 5.41) is 7.53. The minimum absolute atomic E-state index is 0.135. The minimum atomic E-state index is -0.387. The second-order valence-electron chi connectivity index (χ2n) is 6.72. The number of aromatic amines is 1. The largest absolute Gasteiger partial charge is 0.349 e. The molecule has 0 radical (unpaired) electrons. The van der Waals surface area contributed by atoms with Crippen molar-refractivity contribution in [2.45, 2.75) is 13.0 Å². The number of hydrogen-bond acceptors (Lipinski definition) is 4. The van der Waals surface area contributed by atoms with E-state index in [0.29, 0.717) is 23.3 Å². The third kappa shape index (κ3) is 3.75. The van der Waals surface area contributed by atoms with Gasteiger partial charge in [0.15, 0.2) is 5.43 Å². The van der Waals surface area contributed by atoms with Gasteiger partial charge in [0.1, 0.15) is 17.2 Å². The fourth-order valence-corrected chi connectivity index (χ4v) is 3.15. The lowest BCUT2D eigenvalue weighted by Gasteiger charge is -2.25. The maximum absolute atomic E-state index is 13.2. The molecular formula is C19H22FN5O2. The summed E-state index contributed by atoms with van der Waals surface area (Å²) in [6.45, 7) is 2.06. The Kier molecular flexibility index (Phi) is 5.09. The van der Waals surface area contributed by atoms with Crippen LogP contribution < -0.4 is 10.7 Å². The molecule has 0 aliphatic heterocycles. The van der Waals surface area contributed by atoms with Crippen molar-refractivity contribution in [2.75, 3.05) is 20.6 Å². The van der Waals surface area contributed by atoms with Crippen molar-refractivity contribution in [3.63, 3.8) is 0 Å². The Bertz CT molecular complexity index is 1040. The zero-order chi connectivity index (χ0) is 19.7. The number of nitrogens with zero attached hydrogens (tertiary/aromatic N) is 3. The zero-order valence-corrected chi connectivity index (χ0v) is 15.7. The van der Waals surface area contributed by atoms with Crippen LogP contribution in [0.3, 0.4) is 0 Å². The molecule has 8 heteroatoms. The second-order valence-corrected chi connectivity index (χ2v) is 6.72. The normalized spacial score (nSPS) is 12.5. The number of H-pyrrole nitrogens is 1. The summed E-state index contributed by atoms with van der Waals surface area (Å²) in [4.78, 5) is 29.8. The highest BCUT2D eigenvalue weighted by molar-refractivity contribution is 5.94. The summed E-state index contributed by atoms with van der Waals surface area (Å²) < 4.78 is 14.7.